The molecule has 4 atom stereocenters. The molecule has 20 nitrogen and oxygen atoms in total. The van der Waals surface area contributed by atoms with Crippen molar-refractivity contribution in [2.45, 2.75) is 53.1 Å². The summed E-state index contributed by atoms with van der Waals surface area (Å²) in [6.07, 6.45) is -1.60. The minimum atomic E-state index is -0.807. The summed E-state index contributed by atoms with van der Waals surface area (Å²) in [7, 11) is 2.41. The number of Topliss-reactive ketones (excluding diaryl/α,β-unsaturated/α-hetero) is 1. The summed E-state index contributed by atoms with van der Waals surface area (Å²) < 4.78 is 49.4. The predicted octanol–water partition coefficient (Wildman–Crippen LogP) is 0.0611. The summed E-state index contributed by atoms with van der Waals surface area (Å²) in [6, 6.07) is 0. The Morgan fingerprint density at radius 3 is 1.50 bits per heavy atom. The van der Waals surface area contributed by atoms with Crippen molar-refractivity contribution in [3.63, 3.8) is 0 Å². The third-order valence-corrected chi connectivity index (χ3v) is 4.32. The summed E-state index contributed by atoms with van der Waals surface area (Å²) in [5.41, 5.74) is -0.773. The second kappa shape index (κ2) is 42.2. The Bertz CT molecular complexity index is 972. The van der Waals surface area contributed by atoms with Crippen molar-refractivity contribution in [3.8, 4) is 0 Å². The molecule has 0 saturated carbocycles. The molecule has 4 unspecified atom stereocenters. The number of hydrogen-bond acceptors (Lipinski definition) is 20. The number of carbonyl (C=O) groups is 6. The van der Waals surface area contributed by atoms with E-state index in [0.717, 1.165) is 0 Å². The van der Waals surface area contributed by atoms with E-state index in [2.05, 4.69) is 67.4 Å². The zero-order valence-electron chi connectivity index (χ0n) is 29.6. The Morgan fingerprint density at radius 2 is 1.21 bits per heavy atom. The number of ketones is 1. The van der Waals surface area contributed by atoms with Crippen molar-refractivity contribution in [3.05, 3.63) is 25.3 Å². The number of methoxy groups -OCH3 is 2. The fraction of sp³-hybridized carbons (Fsp3) is 0.667. The van der Waals surface area contributed by atoms with Gasteiger partial charge < -0.3 is 73.6 Å². The van der Waals surface area contributed by atoms with E-state index in [-0.39, 0.29) is 104 Å². The Kier molecular flexibility index (Phi) is 49.4. The number of hydrogen-bond donors (Lipinski definition) is 3. The third kappa shape index (κ3) is 44.8. The van der Waals surface area contributed by atoms with Crippen LogP contribution < -0.4 is 29.6 Å². The number of carbonyl (C=O) groups excluding carboxylic acids is 6. The van der Waals surface area contributed by atoms with E-state index in [0.29, 0.717) is 19.8 Å². The van der Waals surface area contributed by atoms with Gasteiger partial charge in [0.2, 0.25) is 0 Å². The average Bonchev–Trinajstić information content (AvgIpc) is 3.81. The van der Waals surface area contributed by atoms with Crippen LogP contribution in [0.3, 0.4) is 0 Å². The van der Waals surface area contributed by atoms with Gasteiger partial charge in [0, 0.05) is 11.6 Å². The molecule has 0 radical (unpaired) electrons. The van der Waals surface area contributed by atoms with Gasteiger partial charge in [-0.15, -0.1) is 13.2 Å². The van der Waals surface area contributed by atoms with Crippen LogP contribution in [0.15, 0.2) is 25.3 Å². The van der Waals surface area contributed by atoms with Crippen LogP contribution in [0.4, 0.5) is 24.0 Å². The molecule has 3 saturated heterocycles. The van der Waals surface area contributed by atoms with Gasteiger partial charge in [-0.3, -0.25) is 0 Å². The minimum absolute atomic E-state index is 0. The molecule has 22 heteroatoms. The maximum absolute atomic E-state index is 10.4. The molecule has 0 aromatic heterocycles. The quantitative estimate of drug-likeness (QED) is 0.0589. The normalized spacial score (nSPS) is 17.2. The second-order valence-electron chi connectivity index (χ2n) is 8.69. The molecule has 0 amide bonds. The Morgan fingerprint density at radius 1 is 0.827 bits per heavy atom. The zero-order chi connectivity index (χ0) is 38.0. The topological polar surface area (TPSA) is 265 Å². The van der Waals surface area contributed by atoms with Crippen LogP contribution >= 0.6 is 11.6 Å². The monoisotopic (exact) mass is 792 g/mol. The summed E-state index contributed by atoms with van der Waals surface area (Å²) in [4.78, 5) is 60.0. The van der Waals surface area contributed by atoms with Crippen molar-refractivity contribution in [1.29, 1.82) is 0 Å². The molecule has 3 N–H and O–H groups in total. The van der Waals surface area contributed by atoms with E-state index in [1.807, 2.05) is 0 Å². The number of aliphatic hydroxyl groups excluding tert-OH is 3. The van der Waals surface area contributed by atoms with E-state index in [4.69, 9.17) is 24.8 Å². The van der Waals surface area contributed by atoms with Gasteiger partial charge in [0.05, 0.1) is 53.9 Å². The van der Waals surface area contributed by atoms with Crippen molar-refractivity contribution in [1.82, 2.24) is 0 Å². The summed E-state index contributed by atoms with van der Waals surface area (Å²) in [6.45, 7) is 11.5. The van der Waals surface area contributed by atoms with Crippen molar-refractivity contribution in [2.24, 2.45) is 0 Å². The standard InChI is InChI=1S/C7H10O4.C6H8O6.C6H12O3.C4H6O4.C3H6O.C2H3ClO2.2CH4.Na.H/c1-2-3-9-4-6-5-10-7(8)11-6;1-9-5(7)10-2-4-3-11-6(8)12-4;1-2-3-9-5-6(8)4-7;5-1-3-2-7-4(6)8-3;1-3(2)4;1-5-2(3)4;;;;/h2,6H,1,3-5H2;4H,2-3H2,1H3;2,6-8H,1,3-5H2;3,5H,1-2H2;1-2H3;1H3;2*1H4;;/q;;;;;;;;+1;-1. The Labute approximate surface area is 332 Å². The molecular weight excluding hydrogens is 739 g/mol. The zero-order valence-corrected chi connectivity index (χ0v) is 31.4. The molecule has 0 aliphatic carbocycles. The molecule has 3 rings (SSSR count). The van der Waals surface area contributed by atoms with Crippen LogP contribution in [0, 0.1) is 0 Å². The van der Waals surface area contributed by atoms with Gasteiger partial charge in [-0.1, -0.05) is 27.0 Å². The van der Waals surface area contributed by atoms with Gasteiger partial charge in [0.15, 0.2) is 18.3 Å². The van der Waals surface area contributed by atoms with E-state index in [1.54, 1.807) is 12.2 Å². The van der Waals surface area contributed by atoms with Gasteiger partial charge in [-0.05, 0) is 13.8 Å². The summed E-state index contributed by atoms with van der Waals surface area (Å²) in [5, 5.41) is 25.3. The van der Waals surface area contributed by atoms with Gasteiger partial charge in [0.25, 0.3) is 0 Å². The fourth-order valence-electron chi connectivity index (χ4n) is 2.19. The number of rotatable bonds is 12. The first-order valence-corrected chi connectivity index (χ1v) is 14.3. The fourth-order valence-corrected chi connectivity index (χ4v) is 2.19. The van der Waals surface area contributed by atoms with Gasteiger partial charge >= 0.3 is 59.6 Å². The molecular formula is C30H54ClNaO20. The maximum atomic E-state index is 10.4. The molecule has 0 aromatic carbocycles. The smallest absolute Gasteiger partial charge is 1.00 e. The van der Waals surface area contributed by atoms with E-state index in [1.165, 1.54) is 28.1 Å². The van der Waals surface area contributed by atoms with Crippen molar-refractivity contribution < 1.29 is 127 Å². The molecule has 3 heterocycles. The first kappa shape index (κ1) is 60.9. The largest absolute Gasteiger partial charge is 1.00 e. The number of ether oxygens (including phenoxy) is 11. The Hall–Kier alpha value is -3.21. The molecule has 3 fully saturated rings. The Balaban J connectivity index is -0.0000000974. The average molecular weight is 793 g/mol. The first-order chi connectivity index (χ1) is 23.2. The van der Waals surface area contributed by atoms with E-state index >= 15 is 0 Å². The molecule has 52 heavy (non-hydrogen) atoms. The van der Waals surface area contributed by atoms with Crippen LogP contribution in [-0.2, 0) is 56.9 Å². The molecule has 302 valence electrons. The molecule has 0 bridgehead atoms. The molecule has 3 aliphatic rings. The number of halogens is 1. The van der Waals surface area contributed by atoms with Crippen LogP contribution in [0.1, 0.15) is 30.1 Å². The van der Waals surface area contributed by atoms with Crippen molar-refractivity contribution in [2.75, 3.05) is 80.3 Å². The van der Waals surface area contributed by atoms with Crippen LogP contribution in [0.5, 0.6) is 0 Å². The van der Waals surface area contributed by atoms with E-state index < -0.39 is 48.4 Å². The van der Waals surface area contributed by atoms with Gasteiger partial charge in [-0.25, -0.2) is 24.0 Å². The van der Waals surface area contributed by atoms with Crippen LogP contribution in [0.2, 0.25) is 0 Å². The van der Waals surface area contributed by atoms with Crippen molar-refractivity contribution >= 4 is 47.4 Å². The first-order valence-electron chi connectivity index (χ1n) is 13.9. The summed E-state index contributed by atoms with van der Waals surface area (Å²) in [5.74, 6) is 0.167. The summed E-state index contributed by atoms with van der Waals surface area (Å²) >= 11 is 4.60. The van der Waals surface area contributed by atoms with Crippen LogP contribution in [-0.4, -0.2) is 156 Å². The van der Waals surface area contributed by atoms with Gasteiger partial charge in [0.1, 0.15) is 38.3 Å². The minimum Gasteiger partial charge on any atom is -1.00 e. The predicted molar refractivity (Wildman–Crippen MR) is 178 cm³/mol. The SMILES string of the molecule is C.C.C=CCOCC(O)CO.C=CCOCC1COC(=O)O1.CC(C)=O.COC(=O)Cl.COC(=O)OCC1COC(=O)O1.O=C1OCC(CO)O1.[H-].[Na+]. The third-order valence-electron chi connectivity index (χ3n) is 4.16. The second-order valence-corrected chi connectivity index (χ2v) is 9.00. The van der Waals surface area contributed by atoms with Crippen LogP contribution in [0.25, 0.3) is 0 Å². The number of aliphatic hydroxyl groups is 3. The molecule has 0 spiro atoms. The maximum Gasteiger partial charge on any atom is 1.00 e. The molecule has 3 aliphatic heterocycles. The van der Waals surface area contributed by atoms with Gasteiger partial charge in [-0.2, -0.15) is 0 Å². The van der Waals surface area contributed by atoms with E-state index in [9.17, 15) is 28.8 Å². The number of cyclic esters (lactones) is 6. The molecule has 0 aromatic rings.